The first-order valence-corrected chi connectivity index (χ1v) is 8.68. The quantitative estimate of drug-likeness (QED) is 0.909. The van der Waals surface area contributed by atoms with Crippen LogP contribution in [-0.4, -0.2) is 36.3 Å². The van der Waals surface area contributed by atoms with Gasteiger partial charge in [-0.15, -0.1) is 0 Å². The highest BCUT2D eigenvalue weighted by molar-refractivity contribution is 7.92. The molecule has 2 atom stereocenters. The summed E-state index contributed by atoms with van der Waals surface area (Å²) >= 11 is 0. The standard InChI is InChI=1S/C13H23N3O3S/c1-9(2)16-13(10(19-3)8-15-16)12(14)11-6-4-5-7-20(11,17)18/h8-9,11-12H,4-7,14H2,1-3H3. The van der Waals surface area contributed by atoms with Gasteiger partial charge in [-0.2, -0.15) is 5.10 Å². The Morgan fingerprint density at radius 3 is 2.70 bits per heavy atom. The van der Waals surface area contributed by atoms with Crippen molar-refractivity contribution in [1.82, 2.24) is 9.78 Å². The second kappa shape index (κ2) is 5.73. The van der Waals surface area contributed by atoms with Crippen molar-refractivity contribution in [3.8, 4) is 5.75 Å². The van der Waals surface area contributed by atoms with Crippen LogP contribution in [0.3, 0.4) is 0 Å². The van der Waals surface area contributed by atoms with E-state index in [4.69, 9.17) is 10.5 Å². The summed E-state index contributed by atoms with van der Waals surface area (Å²) in [5.41, 5.74) is 6.96. The van der Waals surface area contributed by atoms with E-state index in [1.54, 1.807) is 18.0 Å². The van der Waals surface area contributed by atoms with Crippen LogP contribution in [0.4, 0.5) is 0 Å². The Balaban J connectivity index is 2.42. The normalized spacial score (nSPS) is 23.8. The minimum absolute atomic E-state index is 0.103. The molecule has 2 unspecified atom stereocenters. The van der Waals surface area contributed by atoms with E-state index in [0.717, 1.165) is 12.8 Å². The number of rotatable bonds is 4. The first-order chi connectivity index (χ1) is 9.38. The maximum absolute atomic E-state index is 12.2. The zero-order valence-corrected chi connectivity index (χ0v) is 13.1. The number of methoxy groups -OCH3 is 1. The summed E-state index contributed by atoms with van der Waals surface area (Å²) in [6.07, 6.45) is 3.84. The van der Waals surface area contributed by atoms with Crippen molar-refractivity contribution in [1.29, 1.82) is 0 Å². The number of sulfone groups is 1. The molecule has 0 aliphatic carbocycles. The lowest BCUT2D eigenvalue weighted by molar-refractivity contribution is 0.390. The van der Waals surface area contributed by atoms with Crippen molar-refractivity contribution < 1.29 is 13.2 Å². The average molecular weight is 301 g/mol. The Morgan fingerprint density at radius 1 is 1.45 bits per heavy atom. The fourth-order valence-corrected chi connectivity index (χ4v) is 4.81. The third kappa shape index (κ3) is 2.69. The fraction of sp³-hybridized carbons (Fsp3) is 0.769. The highest BCUT2D eigenvalue weighted by Gasteiger charge is 2.37. The monoisotopic (exact) mass is 301 g/mol. The van der Waals surface area contributed by atoms with Gasteiger partial charge in [0.05, 0.1) is 36.0 Å². The van der Waals surface area contributed by atoms with Gasteiger partial charge < -0.3 is 10.5 Å². The molecule has 0 aromatic carbocycles. The van der Waals surface area contributed by atoms with E-state index in [1.165, 1.54) is 0 Å². The zero-order chi connectivity index (χ0) is 14.9. The second-order valence-electron chi connectivity index (χ2n) is 5.56. The van der Waals surface area contributed by atoms with Gasteiger partial charge in [0.25, 0.3) is 0 Å². The van der Waals surface area contributed by atoms with Crippen molar-refractivity contribution in [2.75, 3.05) is 12.9 Å². The van der Waals surface area contributed by atoms with Gasteiger partial charge >= 0.3 is 0 Å². The molecule has 0 radical (unpaired) electrons. The Bertz CT molecular complexity index is 565. The summed E-state index contributed by atoms with van der Waals surface area (Å²) in [6.45, 7) is 3.97. The molecule has 2 N–H and O–H groups in total. The molecule has 1 fully saturated rings. The van der Waals surface area contributed by atoms with E-state index < -0.39 is 21.1 Å². The summed E-state index contributed by atoms with van der Waals surface area (Å²) in [5.74, 6) is 0.788. The Kier molecular flexibility index (Phi) is 4.39. The predicted molar refractivity (Wildman–Crippen MR) is 77.5 cm³/mol. The molecule has 20 heavy (non-hydrogen) atoms. The van der Waals surface area contributed by atoms with Crippen molar-refractivity contribution in [3.05, 3.63) is 11.9 Å². The van der Waals surface area contributed by atoms with E-state index >= 15 is 0 Å². The van der Waals surface area contributed by atoms with Crippen LogP contribution < -0.4 is 10.5 Å². The molecule has 0 saturated carbocycles. The molecule has 0 spiro atoms. The minimum atomic E-state index is -3.14. The van der Waals surface area contributed by atoms with Gasteiger partial charge in [-0.25, -0.2) is 8.42 Å². The summed E-state index contributed by atoms with van der Waals surface area (Å²) in [6, 6.07) is -0.494. The maximum Gasteiger partial charge on any atom is 0.161 e. The van der Waals surface area contributed by atoms with Crippen LogP contribution in [0.1, 0.15) is 50.9 Å². The largest absolute Gasteiger partial charge is 0.493 e. The summed E-state index contributed by atoms with van der Waals surface area (Å²) in [7, 11) is -1.59. The van der Waals surface area contributed by atoms with Crippen LogP contribution in [0.2, 0.25) is 0 Å². The smallest absolute Gasteiger partial charge is 0.161 e. The number of nitrogens with two attached hydrogens (primary N) is 1. The molecular weight excluding hydrogens is 278 g/mol. The molecule has 2 rings (SSSR count). The van der Waals surface area contributed by atoms with Crippen LogP contribution in [0.5, 0.6) is 5.75 Å². The van der Waals surface area contributed by atoms with E-state index in [9.17, 15) is 8.42 Å². The van der Waals surface area contributed by atoms with Gasteiger partial charge in [0.2, 0.25) is 0 Å². The lowest BCUT2D eigenvalue weighted by atomic mass is 10.0. The van der Waals surface area contributed by atoms with Gasteiger partial charge in [-0.05, 0) is 26.7 Å². The minimum Gasteiger partial charge on any atom is -0.493 e. The molecule has 0 bridgehead atoms. The molecule has 1 aliphatic rings. The van der Waals surface area contributed by atoms with Gasteiger partial charge in [0, 0.05) is 6.04 Å². The van der Waals surface area contributed by atoms with E-state index in [1.807, 2.05) is 13.8 Å². The van der Waals surface area contributed by atoms with E-state index in [-0.39, 0.29) is 11.8 Å². The van der Waals surface area contributed by atoms with E-state index in [0.29, 0.717) is 17.9 Å². The molecule has 1 aromatic rings. The summed E-state index contributed by atoms with van der Waals surface area (Å²) < 4.78 is 31.6. The van der Waals surface area contributed by atoms with Crippen LogP contribution >= 0.6 is 0 Å². The van der Waals surface area contributed by atoms with Gasteiger partial charge in [0.1, 0.15) is 0 Å². The van der Waals surface area contributed by atoms with Crippen LogP contribution in [0.15, 0.2) is 6.20 Å². The predicted octanol–water partition coefficient (Wildman–Crippen LogP) is 1.44. The molecule has 0 amide bonds. The lowest BCUT2D eigenvalue weighted by Crippen LogP contribution is -2.39. The van der Waals surface area contributed by atoms with E-state index in [2.05, 4.69) is 5.10 Å². The van der Waals surface area contributed by atoms with Crippen LogP contribution in [-0.2, 0) is 9.84 Å². The number of hydrogen-bond donors (Lipinski definition) is 1. The van der Waals surface area contributed by atoms with Gasteiger partial charge in [-0.1, -0.05) is 6.42 Å². The average Bonchev–Trinajstić information content (AvgIpc) is 2.81. The number of nitrogens with zero attached hydrogens (tertiary/aromatic N) is 2. The Hall–Kier alpha value is -1.08. The lowest BCUT2D eigenvalue weighted by Gasteiger charge is -2.28. The van der Waals surface area contributed by atoms with Crippen LogP contribution in [0, 0.1) is 0 Å². The summed E-state index contributed by atoms with van der Waals surface area (Å²) in [5, 5.41) is 3.72. The van der Waals surface area contributed by atoms with Crippen molar-refractivity contribution >= 4 is 9.84 Å². The van der Waals surface area contributed by atoms with Crippen molar-refractivity contribution in [3.63, 3.8) is 0 Å². The second-order valence-corrected chi connectivity index (χ2v) is 7.90. The van der Waals surface area contributed by atoms with Gasteiger partial charge in [-0.3, -0.25) is 4.68 Å². The first kappa shape index (κ1) is 15.3. The van der Waals surface area contributed by atoms with Crippen LogP contribution in [0.25, 0.3) is 0 Å². The molecule has 7 heteroatoms. The SMILES string of the molecule is COc1cnn(C(C)C)c1C(N)C1CCCCS1(=O)=O. The Labute approximate surface area is 120 Å². The first-order valence-electron chi connectivity index (χ1n) is 6.97. The highest BCUT2D eigenvalue weighted by Crippen LogP contribution is 2.34. The highest BCUT2D eigenvalue weighted by atomic mass is 32.2. The molecule has 6 nitrogen and oxygen atoms in total. The molecule has 1 saturated heterocycles. The number of hydrogen-bond acceptors (Lipinski definition) is 5. The Morgan fingerprint density at radius 2 is 2.15 bits per heavy atom. The molecule has 1 aromatic heterocycles. The molecule has 1 aliphatic heterocycles. The van der Waals surface area contributed by atoms with Gasteiger partial charge in [0.15, 0.2) is 15.6 Å². The third-order valence-electron chi connectivity index (χ3n) is 3.85. The summed E-state index contributed by atoms with van der Waals surface area (Å²) in [4.78, 5) is 0. The van der Waals surface area contributed by atoms with Crippen molar-refractivity contribution in [2.45, 2.75) is 50.4 Å². The third-order valence-corrected chi connectivity index (χ3v) is 6.16. The maximum atomic E-state index is 12.2. The van der Waals surface area contributed by atoms with Crippen molar-refractivity contribution in [2.24, 2.45) is 5.73 Å². The number of ether oxygens (including phenoxy) is 1. The number of aromatic nitrogens is 2. The topological polar surface area (TPSA) is 87.2 Å². The molecule has 2 heterocycles. The zero-order valence-electron chi connectivity index (χ0n) is 12.2. The molecular formula is C13H23N3O3S. The fourth-order valence-electron chi connectivity index (χ4n) is 2.80. The molecule has 114 valence electrons.